The molecule has 2 aromatic carbocycles. The van der Waals surface area contributed by atoms with Crippen molar-refractivity contribution in [3.05, 3.63) is 58.6 Å². The van der Waals surface area contributed by atoms with Gasteiger partial charge in [0.2, 0.25) is 0 Å². The summed E-state index contributed by atoms with van der Waals surface area (Å²) in [7, 11) is 0. The summed E-state index contributed by atoms with van der Waals surface area (Å²) >= 11 is 6.09. The van der Waals surface area contributed by atoms with Gasteiger partial charge in [-0.25, -0.2) is 0 Å². The Hall–Kier alpha value is -1.67. The molecule has 2 aromatic rings. The number of nitrogen functional groups attached to an aromatic ring is 1. The Morgan fingerprint density at radius 1 is 1.18 bits per heavy atom. The monoisotopic (exact) mass is 246 g/mol. The summed E-state index contributed by atoms with van der Waals surface area (Å²) in [6.07, 6.45) is 0. The Morgan fingerprint density at radius 2 is 1.94 bits per heavy atom. The molecule has 17 heavy (non-hydrogen) atoms. The lowest BCUT2D eigenvalue weighted by atomic mass is 10.1. The van der Waals surface area contributed by atoms with Crippen LogP contribution in [0.1, 0.15) is 11.1 Å². The van der Waals surface area contributed by atoms with Crippen LogP contribution in [0.5, 0.6) is 0 Å². The van der Waals surface area contributed by atoms with Gasteiger partial charge in [0.1, 0.15) is 0 Å². The molecular weight excluding hydrogens is 232 g/mol. The normalized spacial score (nSPS) is 10.2. The van der Waals surface area contributed by atoms with E-state index >= 15 is 0 Å². The number of hydrogen-bond acceptors (Lipinski definition) is 2. The largest absolute Gasteiger partial charge is 0.399 e. The molecule has 3 N–H and O–H groups in total. The Balaban J connectivity index is 2.10. The fourth-order valence-electron chi connectivity index (χ4n) is 1.67. The molecule has 88 valence electrons. The Kier molecular flexibility index (Phi) is 3.55. The molecule has 0 radical (unpaired) electrons. The molecule has 0 aromatic heterocycles. The molecule has 0 bridgehead atoms. The van der Waals surface area contributed by atoms with Gasteiger partial charge < -0.3 is 11.1 Å². The average Bonchev–Trinajstić information content (AvgIpc) is 2.30. The molecule has 0 heterocycles. The van der Waals surface area contributed by atoms with Gasteiger partial charge in [0.15, 0.2) is 0 Å². The molecule has 2 rings (SSSR count). The molecule has 3 heteroatoms. The maximum absolute atomic E-state index is 6.09. The predicted molar refractivity (Wildman–Crippen MR) is 74.4 cm³/mol. The maximum atomic E-state index is 6.09. The molecule has 0 aliphatic rings. The van der Waals surface area contributed by atoms with Gasteiger partial charge in [-0.05, 0) is 36.2 Å². The van der Waals surface area contributed by atoms with Crippen molar-refractivity contribution in [1.29, 1.82) is 0 Å². The molecule has 2 nitrogen and oxygen atoms in total. The van der Waals surface area contributed by atoms with Gasteiger partial charge in [-0.15, -0.1) is 0 Å². The maximum Gasteiger partial charge on any atom is 0.0658 e. The third-order valence-corrected chi connectivity index (χ3v) is 3.04. The zero-order valence-electron chi connectivity index (χ0n) is 9.70. The van der Waals surface area contributed by atoms with Crippen LogP contribution < -0.4 is 11.1 Å². The fraction of sp³-hybridized carbons (Fsp3) is 0.143. The van der Waals surface area contributed by atoms with E-state index in [0.717, 1.165) is 12.2 Å². The summed E-state index contributed by atoms with van der Waals surface area (Å²) in [4.78, 5) is 0. The van der Waals surface area contributed by atoms with Crippen LogP contribution in [0.3, 0.4) is 0 Å². The molecular formula is C14H15ClN2. The molecule has 0 unspecified atom stereocenters. The smallest absolute Gasteiger partial charge is 0.0658 e. The second-order valence-corrected chi connectivity index (χ2v) is 4.43. The summed E-state index contributed by atoms with van der Waals surface area (Å²) < 4.78 is 0. The van der Waals surface area contributed by atoms with Crippen LogP contribution in [0.2, 0.25) is 5.02 Å². The number of rotatable bonds is 3. The summed E-state index contributed by atoms with van der Waals surface area (Å²) in [5, 5.41) is 3.96. The van der Waals surface area contributed by atoms with Crippen molar-refractivity contribution in [3.63, 3.8) is 0 Å². The second-order valence-electron chi connectivity index (χ2n) is 4.02. The number of nitrogens with two attached hydrogens (primary N) is 1. The minimum Gasteiger partial charge on any atom is -0.399 e. The lowest BCUT2D eigenvalue weighted by molar-refractivity contribution is 1.12. The standard InChI is InChI=1S/C14H15ClN2/c1-10-4-2-3-5-11(10)9-17-14-7-6-12(16)8-13(14)15/h2-8,17H,9,16H2,1H3. The summed E-state index contributed by atoms with van der Waals surface area (Å²) in [5.41, 5.74) is 9.76. The average molecular weight is 247 g/mol. The van der Waals surface area contributed by atoms with Gasteiger partial charge in [-0.2, -0.15) is 0 Å². The highest BCUT2D eigenvalue weighted by molar-refractivity contribution is 6.33. The molecule has 0 fully saturated rings. The second kappa shape index (κ2) is 5.11. The molecule has 0 spiro atoms. The summed E-state index contributed by atoms with van der Waals surface area (Å²) in [6.45, 7) is 2.86. The third-order valence-electron chi connectivity index (χ3n) is 2.72. The van der Waals surface area contributed by atoms with Crippen LogP contribution in [0, 0.1) is 6.92 Å². The van der Waals surface area contributed by atoms with Crippen molar-refractivity contribution in [2.75, 3.05) is 11.1 Å². The van der Waals surface area contributed by atoms with Gasteiger partial charge in [0, 0.05) is 12.2 Å². The first-order valence-electron chi connectivity index (χ1n) is 5.50. The van der Waals surface area contributed by atoms with Crippen molar-refractivity contribution in [1.82, 2.24) is 0 Å². The summed E-state index contributed by atoms with van der Waals surface area (Å²) in [5.74, 6) is 0. The minimum atomic E-state index is 0.651. The molecule has 0 aliphatic carbocycles. The first-order valence-corrected chi connectivity index (χ1v) is 5.88. The molecule has 0 amide bonds. The van der Waals surface area contributed by atoms with Crippen LogP contribution in [0.25, 0.3) is 0 Å². The minimum absolute atomic E-state index is 0.651. The highest BCUT2D eigenvalue weighted by Crippen LogP contribution is 2.24. The quantitative estimate of drug-likeness (QED) is 0.808. The number of anilines is 2. The Bertz CT molecular complexity index is 523. The topological polar surface area (TPSA) is 38.0 Å². The van der Waals surface area contributed by atoms with Gasteiger partial charge in [-0.1, -0.05) is 35.9 Å². The van der Waals surface area contributed by atoms with Crippen LogP contribution >= 0.6 is 11.6 Å². The van der Waals surface area contributed by atoms with E-state index in [1.54, 1.807) is 6.07 Å². The molecule has 0 atom stereocenters. The number of nitrogens with one attached hydrogen (secondary N) is 1. The van der Waals surface area contributed by atoms with Gasteiger partial charge in [0.05, 0.1) is 10.7 Å². The van der Waals surface area contributed by atoms with E-state index in [2.05, 4.69) is 24.4 Å². The lowest BCUT2D eigenvalue weighted by Gasteiger charge is -2.10. The van der Waals surface area contributed by atoms with Crippen molar-refractivity contribution < 1.29 is 0 Å². The molecule has 0 aliphatic heterocycles. The van der Waals surface area contributed by atoms with Gasteiger partial charge in [0.25, 0.3) is 0 Å². The van der Waals surface area contributed by atoms with E-state index in [9.17, 15) is 0 Å². The Morgan fingerprint density at radius 3 is 2.65 bits per heavy atom. The number of benzene rings is 2. The zero-order chi connectivity index (χ0) is 12.3. The summed E-state index contributed by atoms with van der Waals surface area (Å²) in [6, 6.07) is 13.8. The lowest BCUT2D eigenvalue weighted by Crippen LogP contribution is -2.01. The zero-order valence-corrected chi connectivity index (χ0v) is 10.5. The number of aryl methyl sites for hydroxylation is 1. The fourth-order valence-corrected chi connectivity index (χ4v) is 1.93. The Labute approximate surface area is 106 Å². The van der Waals surface area contributed by atoms with E-state index in [-0.39, 0.29) is 0 Å². The molecule has 0 saturated heterocycles. The van der Waals surface area contributed by atoms with E-state index in [4.69, 9.17) is 17.3 Å². The van der Waals surface area contributed by atoms with Crippen molar-refractivity contribution in [2.24, 2.45) is 0 Å². The molecule has 0 saturated carbocycles. The predicted octanol–water partition coefficient (Wildman–Crippen LogP) is 3.84. The first kappa shape index (κ1) is 11.8. The number of halogens is 1. The van der Waals surface area contributed by atoms with Gasteiger partial charge >= 0.3 is 0 Å². The first-order chi connectivity index (χ1) is 8.16. The SMILES string of the molecule is Cc1ccccc1CNc1ccc(N)cc1Cl. The van der Waals surface area contributed by atoms with Crippen molar-refractivity contribution in [2.45, 2.75) is 13.5 Å². The van der Waals surface area contributed by atoms with Gasteiger partial charge in [-0.3, -0.25) is 0 Å². The van der Waals surface area contributed by atoms with Crippen LogP contribution in [0.15, 0.2) is 42.5 Å². The van der Waals surface area contributed by atoms with Crippen molar-refractivity contribution >= 4 is 23.0 Å². The van der Waals surface area contributed by atoms with E-state index in [0.29, 0.717) is 10.7 Å². The highest BCUT2D eigenvalue weighted by Gasteiger charge is 2.01. The number of hydrogen-bond donors (Lipinski definition) is 2. The van der Waals surface area contributed by atoms with E-state index < -0.39 is 0 Å². The van der Waals surface area contributed by atoms with Crippen LogP contribution in [-0.2, 0) is 6.54 Å². The third kappa shape index (κ3) is 2.92. The highest BCUT2D eigenvalue weighted by atomic mass is 35.5. The van der Waals surface area contributed by atoms with E-state index in [1.807, 2.05) is 24.3 Å². The van der Waals surface area contributed by atoms with E-state index in [1.165, 1.54) is 11.1 Å². The van der Waals surface area contributed by atoms with Crippen LogP contribution in [-0.4, -0.2) is 0 Å². The van der Waals surface area contributed by atoms with Crippen molar-refractivity contribution in [3.8, 4) is 0 Å². The van der Waals surface area contributed by atoms with Crippen LogP contribution in [0.4, 0.5) is 11.4 Å².